The molecule has 1 aromatic heterocycles. The number of rotatable bonds is 6. The number of aromatic nitrogens is 2. The molecular formula is C21H24FN3O2S. The molecule has 0 amide bonds. The summed E-state index contributed by atoms with van der Waals surface area (Å²) in [6, 6.07) is 3.39. The van der Waals surface area contributed by atoms with Crippen LogP contribution in [-0.2, 0) is 11.2 Å². The van der Waals surface area contributed by atoms with Gasteiger partial charge in [-0.1, -0.05) is 24.3 Å². The lowest BCUT2D eigenvalue weighted by molar-refractivity contribution is -0.107. The van der Waals surface area contributed by atoms with Crippen molar-refractivity contribution in [2.75, 3.05) is 11.9 Å². The summed E-state index contributed by atoms with van der Waals surface area (Å²) in [6.07, 6.45) is 4.66. The van der Waals surface area contributed by atoms with Gasteiger partial charge in [-0.2, -0.15) is 0 Å². The maximum absolute atomic E-state index is 14.9. The first-order valence-corrected chi connectivity index (χ1v) is 9.78. The van der Waals surface area contributed by atoms with Gasteiger partial charge >= 0.3 is 0 Å². The number of carbonyl (C=O) groups excluding carboxylic acids is 1. The van der Waals surface area contributed by atoms with Crippen molar-refractivity contribution in [1.29, 1.82) is 0 Å². The molecule has 2 heterocycles. The van der Waals surface area contributed by atoms with E-state index in [1.54, 1.807) is 19.1 Å². The van der Waals surface area contributed by atoms with Crippen LogP contribution in [0.15, 0.2) is 42.2 Å². The Kier molecular flexibility index (Phi) is 7.75. The van der Waals surface area contributed by atoms with Crippen molar-refractivity contribution in [3.8, 4) is 11.6 Å². The van der Waals surface area contributed by atoms with Gasteiger partial charge < -0.3 is 14.8 Å². The predicted molar refractivity (Wildman–Crippen MR) is 113 cm³/mol. The fourth-order valence-corrected chi connectivity index (χ4v) is 3.55. The molecule has 1 N–H and O–H groups in total. The van der Waals surface area contributed by atoms with Crippen LogP contribution in [0.2, 0.25) is 0 Å². The molecule has 148 valence electrons. The summed E-state index contributed by atoms with van der Waals surface area (Å²) in [6.45, 7) is 12.4. The molecule has 1 aromatic carbocycles. The van der Waals surface area contributed by atoms with Gasteiger partial charge in [-0.25, -0.2) is 14.4 Å². The summed E-state index contributed by atoms with van der Waals surface area (Å²) in [5.74, 6) is 0.000818. The highest BCUT2D eigenvalue weighted by Crippen LogP contribution is 2.36. The van der Waals surface area contributed by atoms with Crippen LogP contribution in [-0.4, -0.2) is 28.0 Å². The van der Waals surface area contributed by atoms with Crippen LogP contribution in [0.5, 0.6) is 11.6 Å². The molecule has 0 aliphatic carbocycles. The first-order valence-electron chi connectivity index (χ1n) is 8.90. The molecule has 1 aliphatic rings. The second kappa shape index (κ2) is 10.0. The van der Waals surface area contributed by atoms with E-state index in [1.165, 1.54) is 18.1 Å². The molecule has 0 radical (unpaired) electrons. The SMILES string of the molecule is C=C.CCc1c(Oc2ccc3c(c2F)C=C(C)CN3)ncnc1SC(C)C=O. The van der Waals surface area contributed by atoms with Crippen molar-refractivity contribution in [3.63, 3.8) is 0 Å². The van der Waals surface area contributed by atoms with Gasteiger partial charge in [-0.3, -0.25) is 0 Å². The van der Waals surface area contributed by atoms with E-state index in [9.17, 15) is 9.18 Å². The van der Waals surface area contributed by atoms with Crippen LogP contribution in [0.1, 0.15) is 31.9 Å². The van der Waals surface area contributed by atoms with Crippen molar-refractivity contribution in [2.45, 2.75) is 37.5 Å². The largest absolute Gasteiger partial charge is 0.435 e. The van der Waals surface area contributed by atoms with Crippen molar-refractivity contribution in [3.05, 3.63) is 54.1 Å². The number of nitrogens with zero attached hydrogens (tertiary/aromatic N) is 2. The maximum atomic E-state index is 14.9. The minimum absolute atomic E-state index is 0.115. The molecule has 0 spiro atoms. The molecule has 0 bridgehead atoms. The molecule has 1 unspecified atom stereocenters. The smallest absolute Gasteiger partial charge is 0.226 e. The third kappa shape index (κ3) is 4.78. The fraction of sp³-hybridized carbons (Fsp3) is 0.286. The van der Waals surface area contributed by atoms with E-state index in [1.807, 2.05) is 19.9 Å². The lowest BCUT2D eigenvalue weighted by atomic mass is 10.0. The highest BCUT2D eigenvalue weighted by atomic mass is 32.2. The zero-order chi connectivity index (χ0) is 20.7. The highest BCUT2D eigenvalue weighted by Gasteiger charge is 2.20. The normalized spacial score (nSPS) is 13.2. The Hall–Kier alpha value is -2.67. The average Bonchev–Trinajstić information content (AvgIpc) is 2.72. The second-order valence-electron chi connectivity index (χ2n) is 6.06. The fourth-order valence-electron chi connectivity index (χ4n) is 2.66. The van der Waals surface area contributed by atoms with Crippen molar-refractivity contribution >= 4 is 29.8 Å². The summed E-state index contributed by atoms with van der Waals surface area (Å²) in [5.41, 5.74) is 3.04. The zero-order valence-electron chi connectivity index (χ0n) is 16.3. The molecule has 0 saturated carbocycles. The van der Waals surface area contributed by atoms with E-state index in [0.29, 0.717) is 29.4 Å². The zero-order valence-corrected chi connectivity index (χ0v) is 17.1. The second-order valence-corrected chi connectivity index (χ2v) is 7.43. The van der Waals surface area contributed by atoms with Crippen molar-refractivity contribution in [2.24, 2.45) is 0 Å². The Labute approximate surface area is 169 Å². The Bertz CT molecular complexity index is 886. The van der Waals surface area contributed by atoms with Crippen LogP contribution in [0.25, 0.3) is 6.08 Å². The lowest BCUT2D eigenvalue weighted by Crippen LogP contribution is -2.10. The summed E-state index contributed by atoms with van der Waals surface area (Å²) in [4.78, 5) is 19.4. The number of thioether (sulfide) groups is 1. The van der Waals surface area contributed by atoms with Gasteiger partial charge in [0, 0.05) is 23.4 Å². The van der Waals surface area contributed by atoms with E-state index in [0.717, 1.165) is 23.1 Å². The standard InChI is InChI=1S/C19H20FN3O2S.C2H4/c1-4-13-18(22-10-23-19(13)26-12(3)9-24)25-16-6-5-15-14(17(16)20)7-11(2)8-21-15;1-2/h5-7,9-10,12,21H,4,8H2,1-3H3;1-2H2. The minimum Gasteiger partial charge on any atom is -0.435 e. The summed E-state index contributed by atoms with van der Waals surface area (Å²) in [7, 11) is 0. The number of aldehydes is 1. The minimum atomic E-state index is -0.426. The number of hydrogen-bond acceptors (Lipinski definition) is 6. The van der Waals surface area contributed by atoms with E-state index >= 15 is 0 Å². The molecule has 1 aliphatic heterocycles. The van der Waals surface area contributed by atoms with Crippen LogP contribution in [0.4, 0.5) is 10.1 Å². The number of fused-ring (bicyclic) bond motifs is 1. The van der Waals surface area contributed by atoms with Gasteiger partial charge in [0.25, 0.3) is 0 Å². The number of halogens is 1. The van der Waals surface area contributed by atoms with Gasteiger partial charge in [0.15, 0.2) is 11.6 Å². The van der Waals surface area contributed by atoms with E-state index in [-0.39, 0.29) is 11.0 Å². The quantitative estimate of drug-likeness (QED) is 0.307. The molecule has 0 saturated heterocycles. The van der Waals surface area contributed by atoms with E-state index < -0.39 is 5.82 Å². The van der Waals surface area contributed by atoms with Crippen LogP contribution >= 0.6 is 11.8 Å². The number of benzene rings is 1. The lowest BCUT2D eigenvalue weighted by Gasteiger charge is -2.19. The molecule has 5 nitrogen and oxygen atoms in total. The monoisotopic (exact) mass is 401 g/mol. The first-order chi connectivity index (χ1) is 13.5. The summed E-state index contributed by atoms with van der Waals surface area (Å²) < 4.78 is 20.7. The number of ether oxygens (including phenoxy) is 1. The molecule has 3 rings (SSSR count). The molecular weight excluding hydrogens is 377 g/mol. The Balaban J connectivity index is 0.00000136. The molecule has 2 aromatic rings. The highest BCUT2D eigenvalue weighted by molar-refractivity contribution is 8.00. The van der Waals surface area contributed by atoms with Crippen LogP contribution in [0, 0.1) is 5.82 Å². The Morgan fingerprint density at radius 3 is 2.82 bits per heavy atom. The predicted octanol–water partition coefficient (Wildman–Crippen LogP) is 5.28. The number of hydrogen-bond donors (Lipinski definition) is 1. The maximum Gasteiger partial charge on any atom is 0.226 e. The van der Waals surface area contributed by atoms with Crippen molar-refractivity contribution < 1.29 is 13.9 Å². The van der Waals surface area contributed by atoms with Gasteiger partial charge in [0.1, 0.15) is 17.6 Å². The first kappa shape index (κ1) is 21.6. The summed E-state index contributed by atoms with van der Waals surface area (Å²) >= 11 is 1.33. The number of carbonyl (C=O) groups is 1. The third-order valence-corrected chi connectivity index (χ3v) is 5.07. The third-order valence-electron chi connectivity index (χ3n) is 4.01. The summed E-state index contributed by atoms with van der Waals surface area (Å²) in [5, 5.41) is 3.62. The molecule has 1 atom stereocenters. The molecule has 7 heteroatoms. The van der Waals surface area contributed by atoms with Gasteiger partial charge in [-0.05, 0) is 38.5 Å². The number of nitrogens with one attached hydrogen (secondary N) is 1. The van der Waals surface area contributed by atoms with Gasteiger partial charge in [0.2, 0.25) is 5.88 Å². The van der Waals surface area contributed by atoms with Crippen LogP contribution in [0.3, 0.4) is 0 Å². The van der Waals surface area contributed by atoms with Crippen LogP contribution < -0.4 is 10.1 Å². The van der Waals surface area contributed by atoms with E-state index in [4.69, 9.17) is 4.74 Å². The van der Waals surface area contributed by atoms with Crippen molar-refractivity contribution in [1.82, 2.24) is 9.97 Å². The number of anilines is 1. The Morgan fingerprint density at radius 2 is 2.14 bits per heavy atom. The molecule has 0 fully saturated rings. The molecule has 28 heavy (non-hydrogen) atoms. The van der Waals surface area contributed by atoms with Gasteiger partial charge in [0.05, 0.1) is 5.25 Å². The Morgan fingerprint density at radius 1 is 1.39 bits per heavy atom. The average molecular weight is 402 g/mol. The van der Waals surface area contributed by atoms with Gasteiger partial charge in [-0.15, -0.1) is 13.2 Å². The topological polar surface area (TPSA) is 64.1 Å². The van der Waals surface area contributed by atoms with E-state index in [2.05, 4.69) is 28.4 Å².